The van der Waals surface area contributed by atoms with Crippen molar-refractivity contribution in [3.05, 3.63) is 25.3 Å². The van der Waals surface area contributed by atoms with E-state index in [0.29, 0.717) is 12.8 Å². The van der Waals surface area contributed by atoms with E-state index in [1.54, 1.807) is 18.1 Å². The third-order valence-corrected chi connectivity index (χ3v) is 7.96. The number of sulfonamides is 1. The van der Waals surface area contributed by atoms with Gasteiger partial charge in [-0.05, 0) is 31.6 Å². The smallest absolute Gasteiger partial charge is 0.240 e. The molecule has 34 heavy (non-hydrogen) atoms. The van der Waals surface area contributed by atoms with Crippen molar-refractivity contribution in [2.24, 2.45) is 17.3 Å². The molecule has 2 N–H and O–H groups in total. The van der Waals surface area contributed by atoms with Gasteiger partial charge in [0, 0.05) is 26.0 Å². The highest BCUT2D eigenvalue weighted by molar-refractivity contribution is 7.89. The van der Waals surface area contributed by atoms with E-state index in [9.17, 15) is 22.8 Å². The van der Waals surface area contributed by atoms with Crippen molar-refractivity contribution < 1.29 is 27.5 Å². The number of hydrogen-bond donors (Lipinski definition) is 2. The maximum absolute atomic E-state index is 13.6. The van der Waals surface area contributed by atoms with Gasteiger partial charge in [-0.1, -0.05) is 34.9 Å². The molecule has 1 saturated carbocycles. The average Bonchev–Trinajstić information content (AvgIpc) is 3.38. The van der Waals surface area contributed by atoms with Crippen molar-refractivity contribution in [3.8, 4) is 0 Å². The molecule has 1 aliphatic carbocycles. The number of hydrogen-bond acceptors (Lipinski definition) is 7. The van der Waals surface area contributed by atoms with Gasteiger partial charge in [-0.3, -0.25) is 24.2 Å². The predicted molar refractivity (Wildman–Crippen MR) is 134 cm³/mol. The molecule has 1 heterocycles. The largest absolute Gasteiger partial charge is 0.379 e. The van der Waals surface area contributed by atoms with Gasteiger partial charge in [0.2, 0.25) is 21.8 Å². The van der Waals surface area contributed by atoms with E-state index in [1.165, 1.54) is 0 Å². The molecule has 7 atom stereocenters. The average molecular weight is 516 g/mol. The molecular weight excluding hydrogens is 477 g/mol. The first kappa shape index (κ1) is 28.6. The summed E-state index contributed by atoms with van der Waals surface area (Å²) in [7, 11) is 0.157. The fourth-order valence-corrected chi connectivity index (χ4v) is 5.78. The molecule has 1 aliphatic heterocycles. The van der Waals surface area contributed by atoms with Gasteiger partial charge in [0.15, 0.2) is 5.78 Å². The number of ketones is 1. The number of likely N-dealkylation sites (tertiary alicyclic amines) is 1. The number of Topliss-reactive ketones (excluding diaryl/α,β-unsaturated/α-hetero) is 1. The van der Waals surface area contributed by atoms with Crippen molar-refractivity contribution in [1.82, 2.24) is 14.7 Å². The molecule has 2 aliphatic rings. The van der Waals surface area contributed by atoms with Crippen molar-refractivity contribution in [1.29, 1.82) is 0 Å². The Kier molecular flexibility index (Phi) is 10.0. The second-order valence-corrected chi connectivity index (χ2v) is 11.5. The topological polar surface area (TPSA) is 122 Å². The first-order valence-corrected chi connectivity index (χ1v) is 14.0. The normalized spacial score (nSPS) is 29.4. The Balaban J connectivity index is 2.24. The van der Waals surface area contributed by atoms with Gasteiger partial charge in [0.1, 0.15) is 0 Å². The lowest BCUT2D eigenvalue weighted by Crippen LogP contribution is -2.50. The van der Waals surface area contributed by atoms with E-state index in [4.69, 9.17) is 4.74 Å². The molecule has 0 bridgehead atoms. The Hall–Kier alpha value is -1.61. The number of rotatable bonds is 14. The number of ether oxygens (including phenoxy) is 1. The van der Waals surface area contributed by atoms with E-state index in [-0.39, 0.29) is 42.6 Å². The SMILES string of the molecule is C=CCCCC[C@H](NP)C(=O)N1C[C@H](OC)C(C)[C@H]1C(=O)C[C@]1(C(=O)NS(C)(=O)=O)C[C@H]1C=C. The second kappa shape index (κ2) is 11.9. The minimum absolute atomic E-state index is 0.168. The van der Waals surface area contributed by atoms with Crippen LogP contribution in [0.1, 0.15) is 45.4 Å². The van der Waals surface area contributed by atoms with Crippen LogP contribution in [0.15, 0.2) is 25.3 Å². The summed E-state index contributed by atoms with van der Waals surface area (Å²) in [5.41, 5.74) is -1.16. The Morgan fingerprint density at radius 3 is 2.47 bits per heavy atom. The zero-order chi connectivity index (χ0) is 25.7. The maximum Gasteiger partial charge on any atom is 0.240 e. The van der Waals surface area contributed by atoms with Crippen molar-refractivity contribution in [2.75, 3.05) is 19.9 Å². The number of nitrogens with zero attached hydrogens (tertiary/aromatic N) is 1. The van der Waals surface area contributed by atoms with Crippen molar-refractivity contribution in [2.45, 2.75) is 63.6 Å². The van der Waals surface area contributed by atoms with Crippen LogP contribution < -0.4 is 9.81 Å². The molecule has 2 rings (SSSR count). The van der Waals surface area contributed by atoms with Gasteiger partial charge >= 0.3 is 0 Å². The predicted octanol–water partition coefficient (Wildman–Crippen LogP) is 1.57. The van der Waals surface area contributed by atoms with E-state index in [0.717, 1.165) is 25.5 Å². The van der Waals surface area contributed by atoms with Gasteiger partial charge in [-0.15, -0.1) is 13.2 Å². The van der Waals surface area contributed by atoms with Gasteiger partial charge in [-0.2, -0.15) is 0 Å². The van der Waals surface area contributed by atoms with Crippen molar-refractivity contribution >= 4 is 37.0 Å². The first-order valence-electron chi connectivity index (χ1n) is 11.5. The summed E-state index contributed by atoms with van der Waals surface area (Å²) in [4.78, 5) is 41.4. The molecule has 11 heteroatoms. The van der Waals surface area contributed by atoms with Gasteiger partial charge in [-0.25, -0.2) is 8.42 Å². The number of allylic oxidation sites excluding steroid dienone is 2. The highest BCUT2D eigenvalue weighted by Crippen LogP contribution is 2.57. The van der Waals surface area contributed by atoms with E-state index in [1.807, 2.05) is 17.7 Å². The summed E-state index contributed by atoms with van der Waals surface area (Å²) in [6, 6.07) is -1.24. The summed E-state index contributed by atoms with van der Waals surface area (Å²) in [6.45, 7) is 9.57. The Bertz CT molecular complexity index is 910. The number of unbranched alkanes of at least 4 members (excludes halogenated alkanes) is 2. The summed E-state index contributed by atoms with van der Waals surface area (Å²) in [5.74, 6) is -1.75. The summed E-state index contributed by atoms with van der Waals surface area (Å²) in [5, 5.41) is 2.99. The molecule has 0 spiro atoms. The lowest BCUT2D eigenvalue weighted by molar-refractivity contribution is -0.141. The third kappa shape index (κ3) is 6.53. The minimum atomic E-state index is -3.77. The highest BCUT2D eigenvalue weighted by Gasteiger charge is 2.61. The standard InChI is InChI=1S/C23H38N3O6PS/c1-6-8-9-10-11-17(24-33)21(28)26-14-19(32-4)15(3)20(26)18(27)13-23(12-16(23)7-2)22(29)25-34(5,30)31/h6-7,15-17,19-20,24H,1-2,8-14,33H2,3-5H3,(H,25,29)/t15?,16-,17+,19+,20+,23-/m1/s1. The molecule has 0 aromatic rings. The Morgan fingerprint density at radius 1 is 1.29 bits per heavy atom. The molecular formula is C23H38N3O6PS. The van der Waals surface area contributed by atoms with Gasteiger partial charge < -0.3 is 9.64 Å². The van der Waals surface area contributed by atoms with Gasteiger partial charge in [0.05, 0.1) is 29.9 Å². The fourth-order valence-electron chi connectivity index (χ4n) is 4.93. The van der Waals surface area contributed by atoms with Crippen molar-refractivity contribution in [3.63, 3.8) is 0 Å². The number of amides is 2. The van der Waals surface area contributed by atoms with E-state index in [2.05, 4.69) is 27.6 Å². The van der Waals surface area contributed by atoms with Crippen LogP contribution in [0, 0.1) is 17.3 Å². The van der Waals surface area contributed by atoms with E-state index < -0.39 is 33.4 Å². The van der Waals surface area contributed by atoms with Crippen LogP contribution in [0.2, 0.25) is 0 Å². The number of nitrogens with one attached hydrogen (secondary N) is 2. The summed E-state index contributed by atoms with van der Waals surface area (Å²) in [6.07, 6.45) is 7.39. The molecule has 192 valence electrons. The minimum Gasteiger partial charge on any atom is -0.379 e. The molecule has 0 aromatic heterocycles. The number of carbonyl (C=O) groups excluding carboxylic acids is 3. The highest BCUT2D eigenvalue weighted by atomic mass is 32.2. The molecule has 2 amide bonds. The summed E-state index contributed by atoms with van der Waals surface area (Å²) >= 11 is 0. The molecule has 9 nitrogen and oxygen atoms in total. The van der Waals surface area contributed by atoms with Crippen LogP contribution >= 0.6 is 9.39 Å². The number of methoxy groups -OCH3 is 1. The third-order valence-electron chi connectivity index (χ3n) is 7.00. The fraction of sp³-hybridized carbons (Fsp3) is 0.696. The zero-order valence-corrected chi connectivity index (χ0v) is 22.3. The molecule has 2 fully saturated rings. The van der Waals surface area contributed by atoms with Gasteiger partial charge in [0.25, 0.3) is 0 Å². The van der Waals surface area contributed by atoms with Crippen LogP contribution in [0.25, 0.3) is 0 Å². The van der Waals surface area contributed by atoms with Crippen LogP contribution in [-0.4, -0.2) is 69.0 Å². The molecule has 0 radical (unpaired) electrons. The van der Waals surface area contributed by atoms with E-state index >= 15 is 0 Å². The Morgan fingerprint density at radius 2 is 1.97 bits per heavy atom. The zero-order valence-electron chi connectivity index (χ0n) is 20.3. The monoisotopic (exact) mass is 515 g/mol. The lowest BCUT2D eigenvalue weighted by Gasteiger charge is -2.30. The van der Waals surface area contributed by atoms with Crippen LogP contribution in [0.4, 0.5) is 0 Å². The maximum atomic E-state index is 13.6. The number of carbonyl (C=O) groups is 3. The van der Waals surface area contributed by atoms with Crippen LogP contribution in [0.5, 0.6) is 0 Å². The Labute approximate surface area is 205 Å². The van der Waals surface area contributed by atoms with Crippen LogP contribution in [0.3, 0.4) is 0 Å². The second-order valence-electron chi connectivity index (χ2n) is 9.41. The molecule has 0 aromatic carbocycles. The first-order chi connectivity index (χ1) is 16.0. The summed E-state index contributed by atoms with van der Waals surface area (Å²) < 4.78 is 30.8. The lowest BCUT2D eigenvalue weighted by atomic mass is 9.87. The molecule has 1 saturated heterocycles. The quantitative estimate of drug-likeness (QED) is 0.205. The molecule has 2 unspecified atom stereocenters. The van der Waals surface area contributed by atoms with Crippen LogP contribution in [-0.2, 0) is 29.1 Å².